The molecule has 9 heteroatoms. The number of rotatable bonds is 14. The first-order valence-electron chi connectivity index (χ1n) is 17.6. The third kappa shape index (κ3) is 11.1. The highest BCUT2D eigenvalue weighted by Crippen LogP contribution is 2.35. The Balaban J connectivity index is 0.00000307. The molecule has 0 aliphatic carbocycles. The Morgan fingerprint density at radius 2 is 1.56 bits per heavy atom. The maximum atomic E-state index is 15.9. The van der Waals surface area contributed by atoms with E-state index in [1.807, 2.05) is 44.2 Å². The van der Waals surface area contributed by atoms with E-state index in [1.54, 1.807) is 13.8 Å². The van der Waals surface area contributed by atoms with Crippen molar-refractivity contribution in [2.24, 2.45) is 5.92 Å². The fourth-order valence-electron chi connectivity index (χ4n) is 6.09. The number of anilines is 1. The smallest absolute Gasteiger partial charge is 0.254 e. The molecule has 2 aliphatic heterocycles. The Morgan fingerprint density at radius 3 is 2.17 bits per heavy atom. The summed E-state index contributed by atoms with van der Waals surface area (Å²) in [6, 6.07) is 9.01. The molecule has 0 saturated carbocycles. The molecule has 0 radical (unpaired) electrons. The summed E-state index contributed by atoms with van der Waals surface area (Å²) in [6.07, 6.45) is 10.2. The quantitative estimate of drug-likeness (QED) is 0.125. The number of carbonyl (C=O) groups is 3. The molecular formula is C39H55FN4O4. The van der Waals surface area contributed by atoms with Gasteiger partial charge in [-0.05, 0) is 94.2 Å². The number of benzene rings is 2. The first-order chi connectivity index (χ1) is 23.2. The predicted molar refractivity (Wildman–Crippen MR) is 193 cm³/mol. The van der Waals surface area contributed by atoms with Crippen molar-refractivity contribution in [1.82, 2.24) is 15.1 Å². The summed E-state index contributed by atoms with van der Waals surface area (Å²) in [5.41, 5.74) is 0.190. The monoisotopic (exact) mass is 662 g/mol. The van der Waals surface area contributed by atoms with E-state index in [1.165, 1.54) is 6.08 Å². The van der Waals surface area contributed by atoms with E-state index in [-0.39, 0.29) is 41.5 Å². The minimum atomic E-state index is -0.795. The maximum Gasteiger partial charge on any atom is 0.254 e. The van der Waals surface area contributed by atoms with Crippen molar-refractivity contribution in [3.8, 4) is 5.75 Å². The highest BCUT2D eigenvalue weighted by atomic mass is 19.1. The second-order valence-electron chi connectivity index (χ2n) is 12.5. The van der Waals surface area contributed by atoms with E-state index in [4.69, 9.17) is 4.74 Å². The van der Waals surface area contributed by atoms with Crippen LogP contribution >= 0.6 is 0 Å². The Labute approximate surface area is 286 Å². The SMILES string of the molecule is C/C=C(/C(=O)NCCN1CCCC1)C(=O)c1cc(F)c(NC(=O)CCN2CCCC2)c(OC/C=c2/cccc/c2=C/C(C)C)c1C.CC. The largest absolute Gasteiger partial charge is 0.487 e. The number of likely N-dealkylation sites (tertiary alicyclic amines) is 2. The Bertz CT molecular complexity index is 1540. The van der Waals surface area contributed by atoms with E-state index in [9.17, 15) is 14.4 Å². The Kier molecular flexibility index (Phi) is 16.0. The van der Waals surface area contributed by atoms with Gasteiger partial charge < -0.3 is 25.2 Å². The minimum Gasteiger partial charge on any atom is -0.487 e. The van der Waals surface area contributed by atoms with Crippen LogP contribution in [-0.2, 0) is 9.59 Å². The number of amides is 2. The number of allylic oxidation sites excluding steroid dienone is 1. The number of ketones is 1. The molecule has 0 spiro atoms. The van der Waals surface area contributed by atoms with Gasteiger partial charge in [0.2, 0.25) is 5.91 Å². The lowest BCUT2D eigenvalue weighted by Gasteiger charge is -2.19. The second kappa shape index (κ2) is 19.9. The fraction of sp³-hybridized carbons (Fsp3) is 0.513. The summed E-state index contributed by atoms with van der Waals surface area (Å²) in [6.45, 7) is 17.2. The van der Waals surface area contributed by atoms with Crippen molar-refractivity contribution in [2.75, 3.05) is 57.7 Å². The van der Waals surface area contributed by atoms with Crippen LogP contribution in [0.15, 0.2) is 42.0 Å². The second-order valence-corrected chi connectivity index (χ2v) is 12.5. The number of carbonyl (C=O) groups excluding carboxylic acids is 3. The van der Waals surface area contributed by atoms with Gasteiger partial charge in [-0.3, -0.25) is 14.4 Å². The zero-order valence-corrected chi connectivity index (χ0v) is 29.8. The molecule has 2 aliphatic rings. The molecule has 8 nitrogen and oxygen atoms in total. The summed E-state index contributed by atoms with van der Waals surface area (Å²) in [5.74, 6) is -1.81. The van der Waals surface area contributed by atoms with Crippen LogP contribution in [0.3, 0.4) is 0 Å². The number of nitrogens with one attached hydrogen (secondary N) is 2. The topological polar surface area (TPSA) is 91.0 Å². The zero-order valence-electron chi connectivity index (χ0n) is 29.8. The van der Waals surface area contributed by atoms with E-state index >= 15 is 4.39 Å². The molecule has 262 valence electrons. The number of nitrogens with zero attached hydrogens (tertiary/aromatic N) is 2. The van der Waals surface area contributed by atoms with E-state index in [0.717, 1.165) is 68.4 Å². The van der Waals surface area contributed by atoms with Gasteiger partial charge in [0.1, 0.15) is 18.0 Å². The summed E-state index contributed by atoms with van der Waals surface area (Å²) < 4.78 is 22.0. The number of hydrogen-bond acceptors (Lipinski definition) is 6. The standard InChI is InChI=1S/C37H49FN4O4.C2H6/c1-5-30(37(45)39-16-22-42-19-10-11-20-42)35(44)31-25-32(38)34(40-33(43)14-21-41-17-8-9-18-41)36(27(31)4)46-23-15-28-12-6-7-13-29(28)24-26(2)3;1-2/h5-7,12-13,15,24-26H,8-11,14,16-23H2,1-4H3,(H,39,45)(H,40,43);1-2H3/b28-15-,29-24-,30-5+;. The van der Waals surface area contributed by atoms with Gasteiger partial charge in [-0.2, -0.15) is 0 Å². The normalized spacial score (nSPS) is 16.2. The summed E-state index contributed by atoms with van der Waals surface area (Å²) in [5, 5.41) is 7.57. The number of ether oxygens (including phenoxy) is 1. The number of hydrogen-bond donors (Lipinski definition) is 2. The average Bonchev–Trinajstić information content (AvgIpc) is 3.80. The maximum absolute atomic E-state index is 15.9. The minimum absolute atomic E-state index is 0.0129. The fourth-order valence-corrected chi connectivity index (χ4v) is 6.09. The van der Waals surface area contributed by atoms with Gasteiger partial charge in [-0.1, -0.05) is 64.1 Å². The van der Waals surface area contributed by atoms with Crippen molar-refractivity contribution in [3.63, 3.8) is 0 Å². The zero-order chi connectivity index (χ0) is 35.1. The molecule has 0 aromatic heterocycles. The van der Waals surface area contributed by atoms with Crippen LogP contribution in [0.25, 0.3) is 12.2 Å². The molecule has 2 saturated heterocycles. The number of Topliss-reactive ketones (excluding diaryl/α,β-unsaturated/α-hetero) is 1. The van der Waals surface area contributed by atoms with E-state index in [2.05, 4.69) is 40.4 Å². The van der Waals surface area contributed by atoms with E-state index < -0.39 is 17.5 Å². The highest BCUT2D eigenvalue weighted by Gasteiger charge is 2.27. The first kappa shape index (κ1) is 38.6. The van der Waals surface area contributed by atoms with Crippen LogP contribution in [0.5, 0.6) is 5.75 Å². The van der Waals surface area contributed by atoms with Gasteiger partial charge in [-0.15, -0.1) is 0 Å². The lowest BCUT2D eigenvalue weighted by atomic mass is 9.96. The summed E-state index contributed by atoms with van der Waals surface area (Å²) in [7, 11) is 0. The third-order valence-electron chi connectivity index (χ3n) is 8.57. The molecule has 2 amide bonds. The van der Waals surface area contributed by atoms with Crippen molar-refractivity contribution < 1.29 is 23.5 Å². The van der Waals surface area contributed by atoms with Crippen LogP contribution in [0.4, 0.5) is 10.1 Å². The van der Waals surface area contributed by atoms with Gasteiger partial charge in [-0.25, -0.2) is 4.39 Å². The van der Waals surface area contributed by atoms with Crippen LogP contribution in [-0.4, -0.2) is 79.8 Å². The molecular weight excluding hydrogens is 607 g/mol. The van der Waals surface area contributed by atoms with Gasteiger partial charge in [0.05, 0.1) is 5.57 Å². The summed E-state index contributed by atoms with van der Waals surface area (Å²) in [4.78, 5) is 44.3. The predicted octanol–water partition coefficient (Wildman–Crippen LogP) is 5.22. The molecule has 0 bridgehead atoms. The molecule has 2 aromatic carbocycles. The van der Waals surface area contributed by atoms with E-state index in [0.29, 0.717) is 31.1 Å². The van der Waals surface area contributed by atoms with Crippen molar-refractivity contribution in [3.05, 3.63) is 69.4 Å². The lowest BCUT2D eigenvalue weighted by Crippen LogP contribution is -2.35. The Hall–Kier alpha value is -3.82. The average molecular weight is 663 g/mol. The van der Waals surface area contributed by atoms with Gasteiger partial charge in [0, 0.05) is 37.2 Å². The van der Waals surface area contributed by atoms with Gasteiger partial charge >= 0.3 is 0 Å². The van der Waals surface area contributed by atoms with Crippen LogP contribution in [0.1, 0.15) is 82.6 Å². The molecule has 4 rings (SSSR count). The molecule has 2 N–H and O–H groups in total. The van der Waals surface area contributed by atoms with Crippen molar-refractivity contribution in [2.45, 2.75) is 73.6 Å². The lowest BCUT2D eigenvalue weighted by molar-refractivity contribution is -0.117. The van der Waals surface area contributed by atoms with Crippen LogP contribution in [0.2, 0.25) is 0 Å². The van der Waals surface area contributed by atoms with Crippen molar-refractivity contribution in [1.29, 1.82) is 0 Å². The molecule has 2 fully saturated rings. The van der Waals surface area contributed by atoms with Crippen LogP contribution in [0, 0.1) is 18.7 Å². The molecule has 0 atom stereocenters. The van der Waals surface area contributed by atoms with Gasteiger partial charge in [0.25, 0.3) is 5.91 Å². The molecule has 2 heterocycles. The third-order valence-corrected chi connectivity index (χ3v) is 8.57. The highest BCUT2D eigenvalue weighted by molar-refractivity contribution is 6.26. The summed E-state index contributed by atoms with van der Waals surface area (Å²) >= 11 is 0. The molecule has 2 aromatic rings. The van der Waals surface area contributed by atoms with Crippen LogP contribution < -0.4 is 25.8 Å². The molecule has 0 unspecified atom stereocenters. The Morgan fingerprint density at radius 1 is 0.958 bits per heavy atom. The van der Waals surface area contributed by atoms with Gasteiger partial charge in [0.15, 0.2) is 11.6 Å². The first-order valence-corrected chi connectivity index (χ1v) is 17.6. The van der Waals surface area contributed by atoms with Crippen molar-refractivity contribution >= 4 is 35.4 Å². The number of halogens is 1. The molecule has 48 heavy (non-hydrogen) atoms.